The number of hydrogen-bond donors (Lipinski definition) is 0. The zero-order chi connectivity index (χ0) is 14.6. The van der Waals surface area contributed by atoms with Crippen LogP contribution in [0.2, 0.25) is 0 Å². The Balaban J connectivity index is -0.000000249. The first-order chi connectivity index (χ1) is 8.43. The minimum atomic E-state index is 0. The van der Waals surface area contributed by atoms with E-state index in [0.29, 0.717) is 0 Å². The van der Waals surface area contributed by atoms with Gasteiger partial charge in [0.2, 0.25) is 0 Å². The van der Waals surface area contributed by atoms with Gasteiger partial charge in [0.25, 0.3) is 0 Å². The monoisotopic (exact) mass is 261 g/mol. The van der Waals surface area contributed by atoms with E-state index in [1.165, 1.54) is 12.0 Å². The molecular formula is C17H30BO. The molecule has 0 aliphatic carbocycles. The maximum atomic E-state index is 10.1. The number of carbonyl (C=O) groups excluding carboxylic acids is 1. The lowest BCUT2D eigenvalue weighted by molar-refractivity contribution is -0.119. The highest BCUT2D eigenvalue weighted by atomic mass is 16.1. The third kappa shape index (κ3) is 17.0. The van der Waals surface area contributed by atoms with Crippen molar-refractivity contribution in [2.24, 2.45) is 11.8 Å². The van der Waals surface area contributed by atoms with Gasteiger partial charge in [-0.2, -0.15) is 0 Å². The summed E-state index contributed by atoms with van der Waals surface area (Å²) < 4.78 is 0. The van der Waals surface area contributed by atoms with Gasteiger partial charge >= 0.3 is 0 Å². The molecule has 0 spiro atoms. The molecule has 1 rings (SSSR count). The molecule has 107 valence electrons. The van der Waals surface area contributed by atoms with Gasteiger partial charge in [0, 0.05) is 14.3 Å². The van der Waals surface area contributed by atoms with E-state index in [9.17, 15) is 4.79 Å². The summed E-state index contributed by atoms with van der Waals surface area (Å²) in [6.45, 7) is 13.9. The van der Waals surface area contributed by atoms with Crippen LogP contribution in [0.15, 0.2) is 30.3 Å². The molecule has 0 aliphatic rings. The van der Waals surface area contributed by atoms with Crippen LogP contribution in [-0.4, -0.2) is 14.2 Å². The molecule has 19 heavy (non-hydrogen) atoms. The lowest BCUT2D eigenvalue weighted by Gasteiger charge is -2.02. The minimum absolute atomic E-state index is 0. The predicted molar refractivity (Wildman–Crippen MR) is 87.6 cm³/mol. The highest BCUT2D eigenvalue weighted by molar-refractivity contribution is 5.77. The molecule has 0 bridgehead atoms. The summed E-state index contributed by atoms with van der Waals surface area (Å²) in [6.07, 6.45) is 1.20. The van der Waals surface area contributed by atoms with Crippen molar-refractivity contribution < 1.29 is 4.79 Å². The minimum Gasteiger partial charge on any atom is -0.300 e. The predicted octanol–water partition coefficient (Wildman–Crippen LogP) is 4.76. The van der Waals surface area contributed by atoms with Crippen molar-refractivity contribution in [3.8, 4) is 0 Å². The lowest BCUT2D eigenvalue weighted by atomic mass is 10.0. The van der Waals surface area contributed by atoms with Crippen molar-refractivity contribution >= 4 is 14.2 Å². The summed E-state index contributed by atoms with van der Waals surface area (Å²) >= 11 is 0. The summed E-state index contributed by atoms with van der Waals surface area (Å²) in [7, 11) is 0. The van der Waals surface area contributed by atoms with E-state index in [-0.39, 0.29) is 20.1 Å². The molecule has 0 aliphatic heterocycles. The number of carbonyl (C=O) groups is 1. The van der Waals surface area contributed by atoms with Gasteiger partial charge in [-0.05, 0) is 24.8 Å². The van der Waals surface area contributed by atoms with Gasteiger partial charge in [-0.15, -0.1) is 0 Å². The first-order valence-corrected chi connectivity index (χ1v) is 6.97. The summed E-state index contributed by atoms with van der Waals surface area (Å²) in [4.78, 5) is 10.1. The molecule has 1 aromatic rings. The Morgan fingerprint density at radius 1 is 1.00 bits per heavy atom. The maximum absolute atomic E-state index is 10.1. The summed E-state index contributed by atoms with van der Waals surface area (Å²) in [5.41, 5.74) is 1.44. The molecule has 2 heteroatoms. The number of ketones is 1. The molecular weight excluding hydrogens is 231 g/mol. The third-order valence-electron chi connectivity index (χ3n) is 2.30. The SMILES string of the molecule is CC.CC(=O)C(C)C.CC(C)Cc1ccccc1.[B]. The van der Waals surface area contributed by atoms with Crippen LogP contribution >= 0.6 is 0 Å². The molecule has 0 atom stereocenters. The quantitative estimate of drug-likeness (QED) is 0.717. The highest BCUT2D eigenvalue weighted by Gasteiger charge is 1.95. The molecule has 0 fully saturated rings. The third-order valence-corrected chi connectivity index (χ3v) is 2.30. The van der Waals surface area contributed by atoms with Crippen LogP contribution in [0, 0.1) is 11.8 Å². The molecule has 1 nitrogen and oxygen atoms in total. The fourth-order valence-electron chi connectivity index (χ4n) is 1.09. The van der Waals surface area contributed by atoms with E-state index in [1.54, 1.807) is 6.92 Å². The Hall–Kier alpha value is -1.05. The maximum Gasteiger partial charge on any atom is 0.132 e. The standard InChI is InChI=1S/C10H14.C5H10O.C2H6.B/c1-9(2)8-10-6-4-3-5-7-10;1-4(2)5(3)6;1-2;/h3-7,9H,8H2,1-2H3;4H,1-3H3;1-2H3;. The van der Waals surface area contributed by atoms with E-state index in [4.69, 9.17) is 0 Å². The molecule has 0 amide bonds. The van der Waals surface area contributed by atoms with Crippen molar-refractivity contribution in [1.29, 1.82) is 0 Å². The second-order valence-electron chi connectivity index (χ2n) is 4.85. The molecule has 0 N–H and O–H groups in total. The van der Waals surface area contributed by atoms with E-state index in [2.05, 4.69) is 44.2 Å². The van der Waals surface area contributed by atoms with Crippen molar-refractivity contribution in [3.63, 3.8) is 0 Å². The zero-order valence-electron chi connectivity index (χ0n) is 13.7. The fraction of sp³-hybridized carbons (Fsp3) is 0.588. The molecule has 1 aromatic carbocycles. The first-order valence-electron chi connectivity index (χ1n) is 6.97. The Morgan fingerprint density at radius 2 is 1.37 bits per heavy atom. The lowest BCUT2D eigenvalue weighted by Crippen LogP contribution is -1.98. The van der Waals surface area contributed by atoms with Crippen LogP contribution < -0.4 is 0 Å². The Labute approximate surface area is 122 Å². The van der Waals surface area contributed by atoms with Crippen LogP contribution in [-0.2, 0) is 11.2 Å². The number of Topliss-reactive ketones (excluding diaryl/α,β-unsaturated/α-hetero) is 1. The van der Waals surface area contributed by atoms with Gasteiger partial charge in [-0.1, -0.05) is 71.9 Å². The summed E-state index contributed by atoms with van der Waals surface area (Å²) in [6, 6.07) is 10.6. The molecule has 0 saturated carbocycles. The van der Waals surface area contributed by atoms with Crippen molar-refractivity contribution in [3.05, 3.63) is 35.9 Å². The fourth-order valence-corrected chi connectivity index (χ4v) is 1.09. The summed E-state index contributed by atoms with van der Waals surface area (Å²) in [5.74, 6) is 1.24. The van der Waals surface area contributed by atoms with Crippen molar-refractivity contribution in [1.82, 2.24) is 0 Å². The van der Waals surface area contributed by atoms with E-state index < -0.39 is 0 Å². The molecule has 3 radical (unpaired) electrons. The smallest absolute Gasteiger partial charge is 0.132 e. The zero-order valence-corrected chi connectivity index (χ0v) is 13.7. The molecule has 0 unspecified atom stereocenters. The topological polar surface area (TPSA) is 17.1 Å². The van der Waals surface area contributed by atoms with E-state index in [1.807, 2.05) is 27.7 Å². The van der Waals surface area contributed by atoms with Gasteiger partial charge < -0.3 is 0 Å². The van der Waals surface area contributed by atoms with Crippen molar-refractivity contribution in [2.45, 2.75) is 54.9 Å². The van der Waals surface area contributed by atoms with E-state index >= 15 is 0 Å². The highest BCUT2D eigenvalue weighted by Crippen LogP contribution is 2.06. The number of benzene rings is 1. The van der Waals surface area contributed by atoms with Gasteiger partial charge in [-0.3, -0.25) is 4.79 Å². The van der Waals surface area contributed by atoms with Crippen LogP contribution in [0.4, 0.5) is 0 Å². The van der Waals surface area contributed by atoms with Gasteiger partial charge in [-0.25, -0.2) is 0 Å². The Morgan fingerprint density at radius 3 is 1.63 bits per heavy atom. The van der Waals surface area contributed by atoms with Crippen LogP contribution in [0.3, 0.4) is 0 Å². The second kappa shape index (κ2) is 15.0. The Bertz CT molecular complexity index is 291. The second-order valence-corrected chi connectivity index (χ2v) is 4.85. The molecule has 0 saturated heterocycles. The normalized spacial score (nSPS) is 8.68. The summed E-state index contributed by atoms with van der Waals surface area (Å²) in [5, 5.41) is 0. The largest absolute Gasteiger partial charge is 0.300 e. The van der Waals surface area contributed by atoms with Gasteiger partial charge in [0.15, 0.2) is 0 Å². The van der Waals surface area contributed by atoms with Crippen LogP contribution in [0.25, 0.3) is 0 Å². The van der Waals surface area contributed by atoms with Crippen LogP contribution in [0.1, 0.15) is 54.0 Å². The van der Waals surface area contributed by atoms with Crippen molar-refractivity contribution in [2.75, 3.05) is 0 Å². The number of rotatable bonds is 3. The first kappa shape index (κ1) is 23.1. The average molecular weight is 261 g/mol. The van der Waals surface area contributed by atoms with Gasteiger partial charge in [0.1, 0.15) is 5.78 Å². The Kier molecular flexibility index (Phi) is 18.2. The molecule has 0 aromatic heterocycles. The van der Waals surface area contributed by atoms with Gasteiger partial charge in [0.05, 0.1) is 0 Å². The molecule has 0 heterocycles. The number of hydrogen-bond acceptors (Lipinski definition) is 1. The van der Waals surface area contributed by atoms with E-state index in [0.717, 1.165) is 5.92 Å². The van der Waals surface area contributed by atoms with Crippen LogP contribution in [0.5, 0.6) is 0 Å². The average Bonchev–Trinajstić information content (AvgIpc) is 2.32.